The zero-order valence-corrected chi connectivity index (χ0v) is 10.8. The van der Waals surface area contributed by atoms with Gasteiger partial charge in [-0.1, -0.05) is 0 Å². The van der Waals surface area contributed by atoms with Gasteiger partial charge < -0.3 is 14.6 Å². The van der Waals surface area contributed by atoms with E-state index in [2.05, 4.69) is 4.74 Å². The van der Waals surface area contributed by atoms with Gasteiger partial charge in [-0.25, -0.2) is 9.59 Å². The molecule has 0 aromatic rings. The van der Waals surface area contributed by atoms with Crippen LogP contribution in [0.1, 0.15) is 27.7 Å². The topological polar surface area (TPSA) is 76.1 Å². The van der Waals surface area contributed by atoms with E-state index in [-0.39, 0.29) is 6.54 Å². The predicted molar refractivity (Wildman–Crippen MR) is 59.4 cm³/mol. The van der Waals surface area contributed by atoms with Crippen molar-refractivity contribution in [3.05, 3.63) is 0 Å². The van der Waals surface area contributed by atoms with Crippen LogP contribution in [0.15, 0.2) is 0 Å². The van der Waals surface area contributed by atoms with Crippen LogP contribution in [0, 0.1) is 0 Å². The highest BCUT2D eigenvalue weighted by Crippen LogP contribution is 2.31. The van der Waals surface area contributed by atoms with Gasteiger partial charge in [-0.05, 0) is 27.7 Å². The van der Waals surface area contributed by atoms with Crippen LogP contribution in [0.5, 0.6) is 0 Å². The second kappa shape index (κ2) is 4.18. The van der Waals surface area contributed by atoms with E-state index in [0.29, 0.717) is 0 Å². The van der Waals surface area contributed by atoms with E-state index < -0.39 is 29.3 Å². The molecule has 1 rings (SSSR count). The van der Waals surface area contributed by atoms with Crippen molar-refractivity contribution in [1.29, 1.82) is 0 Å². The van der Waals surface area contributed by atoms with Crippen LogP contribution >= 0.6 is 0 Å². The summed E-state index contributed by atoms with van der Waals surface area (Å²) in [6, 6.07) is -0.648. The summed E-state index contributed by atoms with van der Waals surface area (Å²) in [5, 5.41) is 9.94. The van der Waals surface area contributed by atoms with E-state index in [9.17, 15) is 14.7 Å². The number of carbonyl (C=O) groups excluding carboxylic acids is 2. The number of methoxy groups -OCH3 is 1. The first-order valence-electron chi connectivity index (χ1n) is 5.42. The van der Waals surface area contributed by atoms with E-state index >= 15 is 0 Å². The van der Waals surface area contributed by atoms with Gasteiger partial charge in [0.15, 0.2) is 5.60 Å². The molecule has 98 valence electrons. The maximum Gasteiger partial charge on any atom is 0.410 e. The molecule has 6 nitrogen and oxygen atoms in total. The molecule has 0 aliphatic carbocycles. The molecule has 1 fully saturated rings. The van der Waals surface area contributed by atoms with Gasteiger partial charge in [0.25, 0.3) is 0 Å². The maximum absolute atomic E-state index is 11.7. The highest BCUT2D eigenvalue weighted by atomic mass is 16.6. The Morgan fingerprint density at radius 3 is 2.29 bits per heavy atom. The predicted octanol–water partition coefficient (Wildman–Crippen LogP) is 0.530. The fourth-order valence-electron chi connectivity index (χ4n) is 1.63. The normalized spacial score (nSPS) is 28.4. The van der Waals surface area contributed by atoms with Gasteiger partial charge in [-0.15, -0.1) is 0 Å². The molecule has 6 heteroatoms. The first-order chi connectivity index (χ1) is 7.62. The lowest BCUT2D eigenvalue weighted by atomic mass is 9.85. The molecule has 1 aliphatic heterocycles. The van der Waals surface area contributed by atoms with Crippen molar-refractivity contribution in [3.63, 3.8) is 0 Å². The summed E-state index contributed by atoms with van der Waals surface area (Å²) < 4.78 is 9.63. The van der Waals surface area contributed by atoms with Gasteiger partial charge in [0.2, 0.25) is 0 Å². The lowest BCUT2D eigenvalue weighted by molar-refractivity contribution is -0.192. The summed E-state index contributed by atoms with van der Waals surface area (Å²) in [7, 11) is 1.20. The third-order valence-electron chi connectivity index (χ3n) is 2.74. The molecule has 2 atom stereocenters. The van der Waals surface area contributed by atoms with Crippen molar-refractivity contribution in [3.8, 4) is 0 Å². The van der Waals surface area contributed by atoms with E-state index in [1.807, 2.05) is 0 Å². The molecule has 1 unspecified atom stereocenters. The number of ether oxygens (including phenoxy) is 2. The highest BCUT2D eigenvalue weighted by Gasteiger charge is 2.58. The van der Waals surface area contributed by atoms with Gasteiger partial charge in [-0.3, -0.25) is 4.90 Å². The summed E-state index contributed by atoms with van der Waals surface area (Å²) in [5.74, 6) is -0.732. The van der Waals surface area contributed by atoms with Gasteiger partial charge >= 0.3 is 12.1 Å². The Balaban J connectivity index is 2.64. The number of aliphatic hydroxyl groups is 1. The molecule has 0 radical (unpaired) electrons. The first kappa shape index (κ1) is 13.8. The molecule has 0 aromatic heterocycles. The molecule has 1 N–H and O–H groups in total. The zero-order valence-electron chi connectivity index (χ0n) is 10.8. The number of β-amino-alcohol motifs (C(OH)–C–C–N with tert-alkyl or cyclic N) is 1. The second-order valence-corrected chi connectivity index (χ2v) is 5.20. The lowest BCUT2D eigenvalue weighted by Gasteiger charge is -2.50. The molecular weight excluding hydrogens is 226 g/mol. The van der Waals surface area contributed by atoms with Crippen molar-refractivity contribution in [2.24, 2.45) is 0 Å². The number of hydrogen-bond donors (Lipinski definition) is 1. The Labute approximate surface area is 100 Å². The molecule has 17 heavy (non-hydrogen) atoms. The molecule has 0 spiro atoms. The van der Waals surface area contributed by atoms with E-state index in [4.69, 9.17) is 4.74 Å². The zero-order chi connectivity index (χ0) is 13.4. The van der Waals surface area contributed by atoms with E-state index in [1.54, 1.807) is 27.7 Å². The SMILES string of the molecule is COC(=O)C1(O)CN(C(=O)OC(C)(C)C)[C@@H]1C. The third-order valence-corrected chi connectivity index (χ3v) is 2.74. The number of amides is 1. The van der Waals surface area contributed by atoms with Crippen LogP contribution in [-0.2, 0) is 14.3 Å². The van der Waals surface area contributed by atoms with Gasteiger partial charge in [-0.2, -0.15) is 0 Å². The number of carbonyl (C=O) groups is 2. The Hall–Kier alpha value is -1.30. The Morgan fingerprint density at radius 1 is 1.41 bits per heavy atom. The molecule has 0 saturated carbocycles. The van der Waals surface area contributed by atoms with Crippen LogP contribution in [0.3, 0.4) is 0 Å². The number of esters is 1. The minimum atomic E-state index is -1.62. The van der Waals surface area contributed by atoms with Crippen LogP contribution in [0.2, 0.25) is 0 Å². The fraction of sp³-hybridized carbons (Fsp3) is 0.818. The second-order valence-electron chi connectivity index (χ2n) is 5.20. The third kappa shape index (κ3) is 2.52. The Kier molecular flexibility index (Phi) is 3.38. The monoisotopic (exact) mass is 245 g/mol. The van der Waals surface area contributed by atoms with Crippen molar-refractivity contribution < 1.29 is 24.2 Å². The smallest absolute Gasteiger partial charge is 0.410 e. The highest BCUT2D eigenvalue weighted by molar-refractivity contribution is 5.85. The Bertz CT molecular complexity index is 335. The molecule has 1 heterocycles. The van der Waals surface area contributed by atoms with Crippen molar-refractivity contribution in [2.75, 3.05) is 13.7 Å². The number of hydrogen-bond acceptors (Lipinski definition) is 5. The molecule has 1 aliphatic rings. The number of likely N-dealkylation sites (tertiary alicyclic amines) is 1. The van der Waals surface area contributed by atoms with Crippen LogP contribution in [-0.4, -0.2) is 53.0 Å². The maximum atomic E-state index is 11.7. The molecular formula is C11H19NO5. The Morgan fingerprint density at radius 2 is 1.94 bits per heavy atom. The van der Waals surface area contributed by atoms with Crippen molar-refractivity contribution in [2.45, 2.75) is 44.9 Å². The van der Waals surface area contributed by atoms with Crippen LogP contribution < -0.4 is 0 Å². The minimum absolute atomic E-state index is 0.101. The summed E-state index contributed by atoms with van der Waals surface area (Å²) in [4.78, 5) is 24.3. The van der Waals surface area contributed by atoms with E-state index in [0.717, 1.165) is 0 Å². The minimum Gasteiger partial charge on any atom is -0.467 e. The molecule has 1 saturated heterocycles. The number of rotatable bonds is 1. The summed E-state index contributed by atoms with van der Waals surface area (Å²) >= 11 is 0. The van der Waals surface area contributed by atoms with Crippen molar-refractivity contribution >= 4 is 12.1 Å². The fourth-order valence-corrected chi connectivity index (χ4v) is 1.63. The summed E-state index contributed by atoms with van der Waals surface area (Å²) in [6.45, 7) is 6.73. The largest absolute Gasteiger partial charge is 0.467 e. The lowest BCUT2D eigenvalue weighted by Crippen LogP contribution is -2.73. The summed E-state index contributed by atoms with van der Waals surface area (Å²) in [5.41, 5.74) is -2.22. The quantitative estimate of drug-likeness (QED) is 0.682. The van der Waals surface area contributed by atoms with Gasteiger partial charge in [0.05, 0.1) is 19.7 Å². The molecule has 1 amide bonds. The van der Waals surface area contributed by atoms with Crippen LogP contribution in [0.4, 0.5) is 4.79 Å². The van der Waals surface area contributed by atoms with Crippen LogP contribution in [0.25, 0.3) is 0 Å². The van der Waals surface area contributed by atoms with E-state index in [1.165, 1.54) is 12.0 Å². The summed E-state index contributed by atoms with van der Waals surface area (Å²) in [6.07, 6.45) is -0.543. The first-order valence-corrected chi connectivity index (χ1v) is 5.42. The molecule has 0 bridgehead atoms. The van der Waals surface area contributed by atoms with Gasteiger partial charge in [0.1, 0.15) is 5.60 Å². The standard InChI is InChI=1S/C11H19NO5/c1-7-11(15,8(13)16-5)6-12(7)9(14)17-10(2,3)4/h7,15H,6H2,1-5H3/t7-,11?/m1/s1. The molecule has 0 aromatic carbocycles. The van der Waals surface area contributed by atoms with Gasteiger partial charge in [0, 0.05) is 0 Å². The average molecular weight is 245 g/mol. The average Bonchev–Trinajstić information content (AvgIpc) is 2.20. The van der Waals surface area contributed by atoms with Crippen molar-refractivity contribution in [1.82, 2.24) is 4.90 Å². The number of nitrogens with zero attached hydrogens (tertiary/aromatic N) is 1.